The molecule has 1 unspecified atom stereocenters. The summed E-state index contributed by atoms with van der Waals surface area (Å²) in [6, 6.07) is 16.4. The van der Waals surface area contributed by atoms with Crippen molar-refractivity contribution in [3.63, 3.8) is 0 Å². The van der Waals surface area contributed by atoms with Gasteiger partial charge in [-0.3, -0.25) is 0 Å². The number of nitrogens with zero attached hydrogens (tertiary/aromatic N) is 3. The summed E-state index contributed by atoms with van der Waals surface area (Å²) in [5.74, 6) is 1.61. The van der Waals surface area contributed by atoms with E-state index in [-0.39, 0.29) is 18.4 Å². The molecule has 0 radical (unpaired) electrons. The number of halogens is 2. The molecule has 0 fully saturated rings. The molecule has 1 N–H and O–H groups in total. The van der Waals surface area contributed by atoms with Gasteiger partial charge >= 0.3 is 0 Å². The summed E-state index contributed by atoms with van der Waals surface area (Å²) >= 11 is 6.42. The van der Waals surface area contributed by atoms with Gasteiger partial charge in [0.2, 0.25) is 5.95 Å². The maximum atomic E-state index is 6.42. The summed E-state index contributed by atoms with van der Waals surface area (Å²) in [5.41, 5.74) is 5.62. The highest BCUT2D eigenvalue weighted by molar-refractivity contribution is 6.31. The van der Waals surface area contributed by atoms with Crippen molar-refractivity contribution < 1.29 is 0 Å². The fraction of sp³-hybridized carbons (Fsp3) is 0.273. The lowest BCUT2D eigenvalue weighted by Crippen LogP contribution is -2.35. The quantitative estimate of drug-likeness (QED) is 0.567. The van der Waals surface area contributed by atoms with Gasteiger partial charge in [0.15, 0.2) is 0 Å². The van der Waals surface area contributed by atoms with Crippen molar-refractivity contribution in [1.82, 2.24) is 9.97 Å². The number of anilines is 3. The molecule has 1 aliphatic rings. The summed E-state index contributed by atoms with van der Waals surface area (Å²) < 4.78 is 0. The lowest BCUT2D eigenvalue weighted by atomic mass is 9.93. The van der Waals surface area contributed by atoms with E-state index in [4.69, 9.17) is 16.6 Å². The summed E-state index contributed by atoms with van der Waals surface area (Å²) in [7, 11) is 0. The zero-order chi connectivity index (χ0) is 19.0. The number of rotatable bonds is 3. The zero-order valence-electron chi connectivity index (χ0n) is 16.2. The topological polar surface area (TPSA) is 41.1 Å². The van der Waals surface area contributed by atoms with Crippen molar-refractivity contribution in [2.75, 3.05) is 16.8 Å². The number of para-hydroxylation sites is 1. The predicted molar refractivity (Wildman–Crippen MR) is 119 cm³/mol. The van der Waals surface area contributed by atoms with Gasteiger partial charge in [-0.2, -0.15) is 4.98 Å². The summed E-state index contributed by atoms with van der Waals surface area (Å²) in [5, 5.41) is 4.19. The van der Waals surface area contributed by atoms with Gasteiger partial charge in [-0.1, -0.05) is 41.9 Å². The van der Waals surface area contributed by atoms with Gasteiger partial charge in [0.05, 0.1) is 6.04 Å². The Morgan fingerprint density at radius 3 is 2.54 bits per heavy atom. The van der Waals surface area contributed by atoms with Crippen molar-refractivity contribution in [3.8, 4) is 0 Å². The largest absolute Gasteiger partial charge is 0.349 e. The minimum absolute atomic E-state index is 0. The van der Waals surface area contributed by atoms with Gasteiger partial charge in [0.25, 0.3) is 0 Å². The second-order valence-electron chi connectivity index (χ2n) is 7.00. The molecule has 2 heterocycles. The Bertz CT molecular complexity index is 976. The van der Waals surface area contributed by atoms with E-state index in [1.54, 1.807) is 0 Å². The molecular formula is C22H24Cl2N4. The second-order valence-corrected chi connectivity index (χ2v) is 7.41. The molecule has 0 aliphatic carbocycles. The number of hydrogen-bond acceptors (Lipinski definition) is 4. The average molecular weight is 415 g/mol. The van der Waals surface area contributed by atoms with Gasteiger partial charge < -0.3 is 10.2 Å². The zero-order valence-corrected chi connectivity index (χ0v) is 17.8. The van der Waals surface area contributed by atoms with Crippen molar-refractivity contribution in [3.05, 3.63) is 75.9 Å². The summed E-state index contributed by atoms with van der Waals surface area (Å²) in [4.78, 5) is 11.9. The predicted octanol–water partition coefficient (Wildman–Crippen LogP) is 6.04. The lowest BCUT2D eigenvalue weighted by Gasteiger charge is -2.37. The van der Waals surface area contributed by atoms with E-state index >= 15 is 0 Å². The third kappa shape index (κ3) is 3.80. The third-order valence-corrected chi connectivity index (χ3v) is 5.70. The van der Waals surface area contributed by atoms with Crippen LogP contribution < -0.4 is 10.2 Å². The Morgan fingerprint density at radius 2 is 1.79 bits per heavy atom. The molecule has 6 heteroatoms. The Labute approximate surface area is 177 Å². The number of hydrogen-bond donors (Lipinski definition) is 1. The standard InChI is InChI=1S/C22H23ClN4.ClH/c1-14-15(2)24-22(25-17-8-5-4-6-9-17)26-21(14)27-13-12-19-18(16(27)3)10-7-11-20(19)23;/h4-11,16H,12-13H2,1-3H3,(H,24,25,26);1H. The minimum Gasteiger partial charge on any atom is -0.349 e. The van der Waals surface area contributed by atoms with E-state index < -0.39 is 0 Å². The van der Waals surface area contributed by atoms with Crippen LogP contribution in [0.1, 0.15) is 35.3 Å². The Morgan fingerprint density at radius 1 is 1.04 bits per heavy atom. The van der Waals surface area contributed by atoms with Crippen LogP contribution in [-0.4, -0.2) is 16.5 Å². The molecule has 0 saturated heterocycles. The molecule has 1 aromatic heterocycles. The Balaban J connectivity index is 0.00000225. The summed E-state index contributed by atoms with van der Waals surface area (Å²) in [6.45, 7) is 7.24. The normalized spacial score (nSPS) is 15.6. The smallest absolute Gasteiger partial charge is 0.229 e. The molecule has 0 spiro atoms. The van der Waals surface area contributed by atoms with Crippen molar-refractivity contribution in [2.24, 2.45) is 0 Å². The molecule has 0 saturated carbocycles. The van der Waals surface area contributed by atoms with E-state index in [1.807, 2.05) is 49.4 Å². The van der Waals surface area contributed by atoms with Crippen LogP contribution in [0.4, 0.5) is 17.5 Å². The molecule has 0 bridgehead atoms. The SMILES string of the molecule is Cc1nc(Nc2ccccc2)nc(N2CCc3c(Cl)cccc3C2C)c1C.Cl. The highest BCUT2D eigenvalue weighted by Crippen LogP contribution is 2.37. The molecule has 2 aromatic carbocycles. The fourth-order valence-corrected chi connectivity index (χ4v) is 3.99. The van der Waals surface area contributed by atoms with Gasteiger partial charge in [-0.25, -0.2) is 4.98 Å². The van der Waals surface area contributed by atoms with Gasteiger partial charge in [0.1, 0.15) is 5.82 Å². The number of fused-ring (bicyclic) bond motifs is 1. The number of nitrogens with one attached hydrogen (secondary N) is 1. The molecule has 4 rings (SSSR count). The van der Waals surface area contributed by atoms with Crippen molar-refractivity contribution in [2.45, 2.75) is 33.2 Å². The fourth-order valence-electron chi connectivity index (χ4n) is 3.71. The maximum absolute atomic E-state index is 6.42. The van der Waals surface area contributed by atoms with E-state index in [0.717, 1.165) is 40.8 Å². The van der Waals surface area contributed by atoms with Crippen LogP contribution in [0.5, 0.6) is 0 Å². The van der Waals surface area contributed by atoms with E-state index in [9.17, 15) is 0 Å². The molecule has 146 valence electrons. The lowest BCUT2D eigenvalue weighted by molar-refractivity contribution is 0.614. The van der Waals surface area contributed by atoms with Gasteiger partial charge in [0, 0.05) is 28.5 Å². The first-order valence-corrected chi connectivity index (χ1v) is 9.63. The first-order chi connectivity index (χ1) is 13.0. The number of aryl methyl sites for hydroxylation is 1. The Hall–Kier alpha value is -2.30. The average Bonchev–Trinajstić information content (AvgIpc) is 2.67. The molecule has 1 atom stereocenters. The first-order valence-electron chi connectivity index (χ1n) is 9.26. The molecular weight excluding hydrogens is 391 g/mol. The molecule has 1 aliphatic heterocycles. The van der Waals surface area contributed by atoms with E-state index in [2.05, 4.69) is 35.1 Å². The summed E-state index contributed by atoms with van der Waals surface area (Å²) in [6.07, 6.45) is 0.920. The molecule has 4 nitrogen and oxygen atoms in total. The van der Waals surface area contributed by atoms with Crippen molar-refractivity contribution >= 4 is 41.5 Å². The van der Waals surface area contributed by atoms with Crippen LogP contribution in [0.2, 0.25) is 5.02 Å². The molecule has 0 amide bonds. The van der Waals surface area contributed by atoms with Crippen LogP contribution in [0.15, 0.2) is 48.5 Å². The number of aromatic nitrogens is 2. The molecule has 28 heavy (non-hydrogen) atoms. The van der Waals surface area contributed by atoms with Crippen LogP contribution in [0.25, 0.3) is 0 Å². The minimum atomic E-state index is 0. The van der Waals surface area contributed by atoms with Crippen LogP contribution in [0.3, 0.4) is 0 Å². The van der Waals surface area contributed by atoms with Gasteiger partial charge in [-0.15, -0.1) is 12.4 Å². The van der Waals surface area contributed by atoms with Gasteiger partial charge in [-0.05, 0) is 56.5 Å². The highest BCUT2D eigenvalue weighted by atomic mass is 35.5. The number of benzene rings is 2. The van der Waals surface area contributed by atoms with Crippen molar-refractivity contribution in [1.29, 1.82) is 0 Å². The van der Waals surface area contributed by atoms with Crippen LogP contribution >= 0.6 is 24.0 Å². The highest BCUT2D eigenvalue weighted by Gasteiger charge is 2.28. The third-order valence-electron chi connectivity index (χ3n) is 5.34. The van der Waals surface area contributed by atoms with Crippen LogP contribution in [-0.2, 0) is 6.42 Å². The van der Waals surface area contributed by atoms with Crippen LogP contribution in [0, 0.1) is 13.8 Å². The second kappa shape index (κ2) is 8.38. The maximum Gasteiger partial charge on any atom is 0.229 e. The first kappa shape index (κ1) is 20.4. The van der Waals surface area contributed by atoms with E-state index in [0.29, 0.717) is 5.95 Å². The van der Waals surface area contributed by atoms with E-state index in [1.165, 1.54) is 11.1 Å². The Kier molecular flexibility index (Phi) is 6.11. The molecule has 3 aromatic rings. The monoisotopic (exact) mass is 414 g/mol.